The molecular formula is C41H52N6O8S. The lowest BCUT2D eigenvalue weighted by molar-refractivity contribution is -0.142. The van der Waals surface area contributed by atoms with E-state index in [1.807, 2.05) is 84.0 Å². The van der Waals surface area contributed by atoms with E-state index in [2.05, 4.69) is 27.3 Å². The number of hydrogen-bond acceptors (Lipinski definition) is 9. The molecule has 2 aliphatic carbocycles. The molecule has 3 aromatic rings. The number of aromatic nitrogens is 1. The Bertz CT molecular complexity index is 2140. The quantitative estimate of drug-likeness (QED) is 0.193. The van der Waals surface area contributed by atoms with E-state index in [-0.39, 0.29) is 19.4 Å². The Morgan fingerprint density at radius 3 is 2.30 bits per heavy atom. The number of amides is 5. The molecule has 4 N–H and O–H groups in total. The Morgan fingerprint density at radius 1 is 1.02 bits per heavy atom. The number of urea groups is 1. The van der Waals surface area contributed by atoms with E-state index in [1.54, 1.807) is 19.2 Å². The number of carbonyl (C=O) groups is 4. The van der Waals surface area contributed by atoms with Gasteiger partial charge in [-0.25, -0.2) is 18.2 Å². The smallest absolute Gasteiger partial charge is 0.315 e. The molecule has 14 nitrogen and oxygen atoms in total. The largest absolute Gasteiger partial charge is 0.497 e. The zero-order chi connectivity index (χ0) is 40.8. The number of methoxy groups -OCH3 is 1. The zero-order valence-electron chi connectivity index (χ0n) is 33.0. The van der Waals surface area contributed by atoms with Crippen LogP contribution < -0.4 is 30.1 Å². The third-order valence-electron chi connectivity index (χ3n) is 10.3. The second-order valence-electron chi connectivity index (χ2n) is 17.1. The van der Waals surface area contributed by atoms with Crippen molar-refractivity contribution >= 4 is 44.7 Å². The Labute approximate surface area is 328 Å². The van der Waals surface area contributed by atoms with Crippen molar-refractivity contribution in [2.24, 2.45) is 11.3 Å². The Balaban J connectivity index is 1.34. The van der Waals surface area contributed by atoms with Crippen molar-refractivity contribution < 1.29 is 37.1 Å². The van der Waals surface area contributed by atoms with Crippen molar-refractivity contribution in [1.29, 1.82) is 0 Å². The second-order valence-corrected chi connectivity index (χ2v) is 19.0. The predicted octanol–water partition coefficient (Wildman–Crippen LogP) is 4.44. The van der Waals surface area contributed by atoms with Crippen LogP contribution in [0.4, 0.5) is 4.79 Å². The fourth-order valence-electron chi connectivity index (χ4n) is 7.05. The molecule has 0 radical (unpaired) electrons. The third-order valence-corrected chi connectivity index (χ3v) is 12.1. The van der Waals surface area contributed by atoms with Crippen LogP contribution in [0.15, 0.2) is 67.3 Å². The fraction of sp³-hybridized carbons (Fsp3) is 0.488. The van der Waals surface area contributed by atoms with Crippen molar-refractivity contribution in [3.05, 3.63) is 67.3 Å². The van der Waals surface area contributed by atoms with E-state index in [0.717, 1.165) is 5.56 Å². The van der Waals surface area contributed by atoms with E-state index in [0.29, 0.717) is 40.9 Å². The van der Waals surface area contributed by atoms with Crippen LogP contribution in [0, 0.1) is 11.3 Å². The van der Waals surface area contributed by atoms with E-state index in [4.69, 9.17) is 14.5 Å². The topological polar surface area (TPSA) is 185 Å². The SMILES string of the molecule is C=CC1CC1(NC(=O)[C@@H]1C[C@@H](Oc2cc(-c3ccccc3)nc3cc(OC)ccc23)CN1C(=O)[C@@H](NC(=O)NC(C)(C)C)C(C)(C)C)C(=O)NS(=O)(=O)C1CC1. The average Bonchev–Trinajstić information content (AvgIpc) is 4.06. The summed E-state index contributed by atoms with van der Waals surface area (Å²) in [5.41, 5.74) is -0.839. The molecule has 0 spiro atoms. The molecule has 2 heterocycles. The van der Waals surface area contributed by atoms with Crippen LogP contribution in [0.3, 0.4) is 0 Å². The maximum absolute atomic E-state index is 14.7. The number of fused-ring (bicyclic) bond motifs is 1. The van der Waals surface area contributed by atoms with Crippen molar-refractivity contribution in [3.63, 3.8) is 0 Å². The van der Waals surface area contributed by atoms with Gasteiger partial charge in [-0.3, -0.25) is 19.1 Å². The van der Waals surface area contributed by atoms with Gasteiger partial charge in [-0.2, -0.15) is 0 Å². The first kappa shape index (κ1) is 40.5. The minimum absolute atomic E-state index is 0.0279. The van der Waals surface area contributed by atoms with Gasteiger partial charge in [0.1, 0.15) is 35.2 Å². The summed E-state index contributed by atoms with van der Waals surface area (Å²) in [5.74, 6) is -1.47. The van der Waals surface area contributed by atoms with Gasteiger partial charge in [-0.15, -0.1) is 6.58 Å². The van der Waals surface area contributed by atoms with Gasteiger partial charge in [0.2, 0.25) is 21.8 Å². The molecule has 15 heteroatoms. The number of ether oxygens (including phenoxy) is 2. The van der Waals surface area contributed by atoms with Gasteiger partial charge in [0, 0.05) is 41.0 Å². The molecule has 300 valence electrons. The monoisotopic (exact) mass is 788 g/mol. The third kappa shape index (κ3) is 8.77. The molecule has 1 aliphatic heterocycles. The highest BCUT2D eigenvalue weighted by Gasteiger charge is 2.62. The van der Waals surface area contributed by atoms with Crippen molar-refractivity contribution in [1.82, 2.24) is 30.6 Å². The summed E-state index contributed by atoms with van der Waals surface area (Å²) in [4.78, 5) is 62.1. The van der Waals surface area contributed by atoms with E-state index >= 15 is 0 Å². The molecule has 0 bridgehead atoms. The van der Waals surface area contributed by atoms with Crippen LogP contribution in [0.2, 0.25) is 0 Å². The highest BCUT2D eigenvalue weighted by atomic mass is 32.2. The first-order valence-electron chi connectivity index (χ1n) is 18.9. The molecule has 5 atom stereocenters. The lowest BCUT2D eigenvalue weighted by atomic mass is 9.85. The van der Waals surface area contributed by atoms with Crippen molar-refractivity contribution in [2.45, 2.75) is 102 Å². The van der Waals surface area contributed by atoms with Gasteiger partial charge in [-0.05, 0) is 57.6 Å². The first-order valence-corrected chi connectivity index (χ1v) is 20.4. The molecule has 2 aromatic carbocycles. The van der Waals surface area contributed by atoms with Gasteiger partial charge in [-0.1, -0.05) is 57.2 Å². The van der Waals surface area contributed by atoms with Crippen LogP contribution in [-0.4, -0.2) is 90.2 Å². The highest BCUT2D eigenvalue weighted by molar-refractivity contribution is 7.91. The average molecular weight is 789 g/mol. The van der Waals surface area contributed by atoms with Crippen LogP contribution in [0.1, 0.15) is 67.2 Å². The summed E-state index contributed by atoms with van der Waals surface area (Å²) in [5, 5.41) is 8.53. The summed E-state index contributed by atoms with van der Waals surface area (Å²) in [7, 11) is -2.34. The number of benzene rings is 2. The molecule has 2 unspecified atom stereocenters. The number of hydrogen-bond donors (Lipinski definition) is 4. The number of pyridine rings is 1. The molecule has 1 aromatic heterocycles. The summed E-state index contributed by atoms with van der Waals surface area (Å²) >= 11 is 0. The molecule has 3 aliphatic rings. The molecule has 2 saturated carbocycles. The standard InChI is InChI=1S/C41H52N6O8S/c1-9-25-22-41(25,37(50)46-56(52,53)28-16-17-28)44-35(48)32-20-27(23-47(32)36(49)34(39(2,3)4)43-38(51)45-40(5,6)7)55-33-21-30(24-13-11-10-12-14-24)42-31-19-26(54-8)15-18-29(31)33/h9-15,18-19,21,25,27-28,32,34H,1,16-17,20,22-23H2,2-8H3,(H,44,48)(H,46,50)(H2,43,45,51)/t25?,27-,32+,34-,41?/m1/s1. The van der Waals surface area contributed by atoms with Gasteiger partial charge in [0.15, 0.2) is 0 Å². The van der Waals surface area contributed by atoms with Gasteiger partial charge >= 0.3 is 6.03 Å². The lowest BCUT2D eigenvalue weighted by Gasteiger charge is -2.36. The summed E-state index contributed by atoms with van der Waals surface area (Å²) in [6.07, 6.45) is 1.87. The van der Waals surface area contributed by atoms with Crippen LogP contribution in [-0.2, 0) is 24.4 Å². The first-order chi connectivity index (χ1) is 26.2. The van der Waals surface area contributed by atoms with E-state index in [1.165, 1.54) is 11.0 Å². The number of nitrogens with zero attached hydrogens (tertiary/aromatic N) is 2. The normalized spacial score (nSPS) is 22.8. The molecule has 6 rings (SSSR count). The lowest BCUT2D eigenvalue weighted by Crippen LogP contribution is -2.61. The highest BCUT2D eigenvalue weighted by Crippen LogP contribution is 2.46. The van der Waals surface area contributed by atoms with Gasteiger partial charge in [0.25, 0.3) is 5.91 Å². The zero-order valence-corrected chi connectivity index (χ0v) is 33.8. The minimum Gasteiger partial charge on any atom is -0.497 e. The molecular weight excluding hydrogens is 737 g/mol. The maximum atomic E-state index is 14.7. The van der Waals surface area contributed by atoms with E-state index < -0.39 is 79.6 Å². The van der Waals surface area contributed by atoms with Crippen LogP contribution in [0.25, 0.3) is 22.2 Å². The van der Waals surface area contributed by atoms with Crippen molar-refractivity contribution in [3.8, 4) is 22.8 Å². The van der Waals surface area contributed by atoms with Crippen LogP contribution in [0.5, 0.6) is 11.5 Å². The fourth-order valence-corrected chi connectivity index (χ4v) is 8.42. The number of nitrogens with one attached hydrogen (secondary N) is 4. The van der Waals surface area contributed by atoms with Gasteiger partial charge in [0.05, 0.1) is 30.1 Å². The van der Waals surface area contributed by atoms with Crippen LogP contribution >= 0.6 is 0 Å². The Kier molecular flexibility index (Phi) is 10.9. The second kappa shape index (κ2) is 15.1. The number of sulfonamides is 1. The summed E-state index contributed by atoms with van der Waals surface area (Å²) < 4.78 is 39.9. The minimum atomic E-state index is -3.91. The molecule has 5 amide bonds. The maximum Gasteiger partial charge on any atom is 0.315 e. The summed E-state index contributed by atoms with van der Waals surface area (Å²) in [6.45, 7) is 14.7. The number of likely N-dealkylation sites (tertiary alicyclic amines) is 1. The molecule has 1 saturated heterocycles. The Hall–Kier alpha value is -5.18. The predicted molar refractivity (Wildman–Crippen MR) is 212 cm³/mol. The molecule has 3 fully saturated rings. The van der Waals surface area contributed by atoms with Gasteiger partial charge < -0.3 is 30.3 Å². The Morgan fingerprint density at radius 2 is 1.71 bits per heavy atom. The number of rotatable bonds is 12. The van der Waals surface area contributed by atoms with E-state index in [9.17, 15) is 27.6 Å². The number of carbonyl (C=O) groups excluding carboxylic acids is 4. The molecule has 56 heavy (non-hydrogen) atoms. The summed E-state index contributed by atoms with van der Waals surface area (Å²) in [6, 6.07) is 14.1. The van der Waals surface area contributed by atoms with Crippen molar-refractivity contribution in [2.75, 3.05) is 13.7 Å².